The minimum atomic E-state index is -0.169. The van der Waals surface area contributed by atoms with Crippen molar-refractivity contribution in [2.75, 3.05) is 14.2 Å². The fourth-order valence-electron chi connectivity index (χ4n) is 1.53. The molecule has 0 heterocycles. The predicted octanol–water partition coefficient (Wildman–Crippen LogP) is 2.72. The number of aryl methyl sites for hydroxylation is 1. The van der Waals surface area contributed by atoms with Crippen molar-refractivity contribution in [1.29, 1.82) is 0 Å². The van der Waals surface area contributed by atoms with E-state index in [-0.39, 0.29) is 12.2 Å². The molecule has 0 radical (unpaired) electrons. The summed E-state index contributed by atoms with van der Waals surface area (Å²) in [4.78, 5) is 0. The highest BCUT2D eigenvalue weighted by molar-refractivity contribution is 5.24. The van der Waals surface area contributed by atoms with Gasteiger partial charge in [-0.05, 0) is 12.5 Å². The van der Waals surface area contributed by atoms with E-state index in [4.69, 9.17) is 9.47 Å². The van der Waals surface area contributed by atoms with Crippen molar-refractivity contribution < 1.29 is 9.47 Å². The summed E-state index contributed by atoms with van der Waals surface area (Å²) in [5.41, 5.74) is 2.51. The van der Waals surface area contributed by atoms with E-state index in [1.807, 2.05) is 0 Å². The van der Waals surface area contributed by atoms with E-state index >= 15 is 0 Å². The first-order chi connectivity index (χ1) is 6.69. The zero-order valence-electron chi connectivity index (χ0n) is 9.28. The van der Waals surface area contributed by atoms with Gasteiger partial charge in [0.1, 0.15) is 0 Å². The monoisotopic (exact) mass is 194 g/mol. The maximum Gasteiger partial charge on any atom is 0.163 e. The van der Waals surface area contributed by atoms with Crippen LogP contribution in [0.15, 0.2) is 24.3 Å². The van der Waals surface area contributed by atoms with Crippen molar-refractivity contribution in [2.24, 2.45) is 0 Å². The van der Waals surface area contributed by atoms with Gasteiger partial charge in [0.2, 0.25) is 0 Å². The van der Waals surface area contributed by atoms with Crippen molar-refractivity contribution in [3.05, 3.63) is 35.4 Å². The van der Waals surface area contributed by atoms with Gasteiger partial charge in [0, 0.05) is 20.1 Å². The largest absolute Gasteiger partial charge is 0.355 e. The van der Waals surface area contributed by atoms with E-state index in [2.05, 4.69) is 38.1 Å². The van der Waals surface area contributed by atoms with E-state index in [1.165, 1.54) is 11.1 Å². The molecule has 0 fully saturated rings. The van der Waals surface area contributed by atoms with Gasteiger partial charge in [-0.1, -0.05) is 36.8 Å². The zero-order valence-corrected chi connectivity index (χ0v) is 9.28. The Morgan fingerprint density at radius 1 is 1.00 bits per heavy atom. The van der Waals surface area contributed by atoms with Gasteiger partial charge in [0.05, 0.1) is 0 Å². The number of rotatable bonds is 4. The molecule has 1 rings (SSSR count). The highest BCUT2D eigenvalue weighted by Crippen LogP contribution is 2.21. The summed E-state index contributed by atoms with van der Waals surface area (Å²) in [5, 5.41) is 0. The molecule has 0 aliphatic carbocycles. The van der Waals surface area contributed by atoms with E-state index in [1.54, 1.807) is 14.2 Å². The molecule has 14 heavy (non-hydrogen) atoms. The number of benzene rings is 1. The van der Waals surface area contributed by atoms with E-state index in [9.17, 15) is 0 Å². The molecule has 0 bridgehead atoms. The lowest BCUT2D eigenvalue weighted by Crippen LogP contribution is -2.20. The second kappa shape index (κ2) is 5.13. The third-order valence-electron chi connectivity index (χ3n) is 2.48. The predicted molar refractivity (Wildman–Crippen MR) is 57.4 cm³/mol. The molecule has 0 saturated heterocycles. The van der Waals surface area contributed by atoms with Gasteiger partial charge in [-0.3, -0.25) is 0 Å². The summed E-state index contributed by atoms with van der Waals surface area (Å²) in [6.07, 6.45) is -0.169. The summed E-state index contributed by atoms with van der Waals surface area (Å²) < 4.78 is 10.4. The Balaban J connectivity index is 2.77. The number of methoxy groups -OCH3 is 2. The standard InChI is InChI=1S/C12H18O2/c1-9-5-7-11(8-6-9)10(2)12(13-3)14-4/h5-8,10,12H,1-4H3. The Morgan fingerprint density at radius 3 is 1.93 bits per heavy atom. The van der Waals surface area contributed by atoms with Crippen molar-refractivity contribution >= 4 is 0 Å². The van der Waals surface area contributed by atoms with Crippen LogP contribution in [0.25, 0.3) is 0 Å². The van der Waals surface area contributed by atoms with Crippen LogP contribution in [0.1, 0.15) is 24.0 Å². The summed E-state index contributed by atoms with van der Waals surface area (Å²) >= 11 is 0. The molecule has 0 aromatic heterocycles. The van der Waals surface area contributed by atoms with E-state index in [0.29, 0.717) is 0 Å². The van der Waals surface area contributed by atoms with Gasteiger partial charge < -0.3 is 9.47 Å². The van der Waals surface area contributed by atoms with E-state index < -0.39 is 0 Å². The summed E-state index contributed by atoms with van der Waals surface area (Å²) in [7, 11) is 3.33. The molecular formula is C12H18O2. The normalized spacial score (nSPS) is 13.2. The molecule has 1 aromatic carbocycles. The Bertz CT molecular complexity index is 262. The Kier molecular flexibility index (Phi) is 4.11. The molecule has 0 aliphatic heterocycles. The highest BCUT2D eigenvalue weighted by atomic mass is 16.7. The van der Waals surface area contributed by atoms with Crippen LogP contribution in [0.5, 0.6) is 0 Å². The maximum absolute atomic E-state index is 5.22. The van der Waals surface area contributed by atoms with Crippen molar-refractivity contribution in [1.82, 2.24) is 0 Å². The van der Waals surface area contributed by atoms with Crippen LogP contribution in [0.2, 0.25) is 0 Å². The highest BCUT2D eigenvalue weighted by Gasteiger charge is 2.17. The lowest BCUT2D eigenvalue weighted by molar-refractivity contribution is -0.115. The van der Waals surface area contributed by atoms with Crippen LogP contribution < -0.4 is 0 Å². The maximum atomic E-state index is 5.22. The van der Waals surface area contributed by atoms with Crippen LogP contribution in [0.3, 0.4) is 0 Å². The molecule has 0 saturated carbocycles. The van der Waals surface area contributed by atoms with Gasteiger partial charge in [0.15, 0.2) is 6.29 Å². The zero-order chi connectivity index (χ0) is 10.6. The molecule has 0 amide bonds. The third-order valence-corrected chi connectivity index (χ3v) is 2.48. The van der Waals surface area contributed by atoms with Gasteiger partial charge in [0.25, 0.3) is 0 Å². The number of hydrogen-bond acceptors (Lipinski definition) is 2. The quantitative estimate of drug-likeness (QED) is 0.686. The van der Waals surface area contributed by atoms with Crippen LogP contribution in [0.4, 0.5) is 0 Å². The summed E-state index contributed by atoms with van der Waals surface area (Å²) in [6, 6.07) is 8.44. The lowest BCUT2D eigenvalue weighted by atomic mass is 9.99. The molecule has 1 unspecified atom stereocenters. The first-order valence-electron chi connectivity index (χ1n) is 4.81. The average Bonchev–Trinajstić information content (AvgIpc) is 2.20. The van der Waals surface area contributed by atoms with Crippen molar-refractivity contribution in [3.63, 3.8) is 0 Å². The summed E-state index contributed by atoms with van der Waals surface area (Å²) in [6.45, 7) is 4.18. The molecular weight excluding hydrogens is 176 g/mol. The molecule has 0 aliphatic rings. The van der Waals surface area contributed by atoms with E-state index in [0.717, 1.165) is 0 Å². The summed E-state index contributed by atoms with van der Waals surface area (Å²) in [5.74, 6) is 0.255. The molecule has 0 spiro atoms. The minimum Gasteiger partial charge on any atom is -0.355 e. The Labute approximate surface area is 85.8 Å². The second-order valence-electron chi connectivity index (χ2n) is 3.54. The molecule has 78 valence electrons. The SMILES string of the molecule is COC(OC)C(C)c1ccc(C)cc1. The molecule has 1 atom stereocenters. The van der Waals surface area contributed by atoms with Crippen LogP contribution in [0, 0.1) is 6.92 Å². The second-order valence-corrected chi connectivity index (χ2v) is 3.54. The van der Waals surface area contributed by atoms with Crippen LogP contribution >= 0.6 is 0 Å². The van der Waals surface area contributed by atoms with Crippen molar-refractivity contribution in [3.8, 4) is 0 Å². The fraction of sp³-hybridized carbons (Fsp3) is 0.500. The van der Waals surface area contributed by atoms with Gasteiger partial charge in [-0.15, -0.1) is 0 Å². The van der Waals surface area contributed by atoms with Crippen molar-refractivity contribution in [2.45, 2.75) is 26.1 Å². The third kappa shape index (κ3) is 2.56. The Hall–Kier alpha value is -0.860. The molecule has 0 N–H and O–H groups in total. The first kappa shape index (κ1) is 11.2. The molecule has 1 aromatic rings. The molecule has 2 heteroatoms. The average molecular weight is 194 g/mol. The lowest BCUT2D eigenvalue weighted by Gasteiger charge is -2.21. The fourth-order valence-corrected chi connectivity index (χ4v) is 1.53. The minimum absolute atomic E-state index is 0.169. The number of hydrogen-bond donors (Lipinski definition) is 0. The van der Waals surface area contributed by atoms with Crippen LogP contribution in [-0.2, 0) is 9.47 Å². The van der Waals surface area contributed by atoms with Crippen LogP contribution in [-0.4, -0.2) is 20.5 Å². The topological polar surface area (TPSA) is 18.5 Å². The van der Waals surface area contributed by atoms with Gasteiger partial charge >= 0.3 is 0 Å². The number of ether oxygens (including phenoxy) is 2. The van der Waals surface area contributed by atoms with Gasteiger partial charge in [-0.25, -0.2) is 0 Å². The first-order valence-corrected chi connectivity index (χ1v) is 4.81. The smallest absolute Gasteiger partial charge is 0.163 e. The Morgan fingerprint density at radius 2 is 1.50 bits per heavy atom. The van der Waals surface area contributed by atoms with Gasteiger partial charge in [-0.2, -0.15) is 0 Å². The molecule has 2 nitrogen and oxygen atoms in total.